The summed E-state index contributed by atoms with van der Waals surface area (Å²) in [5, 5.41) is 0. The molecule has 1 nitrogen and oxygen atoms in total. The number of pyridine rings is 1. The maximum absolute atomic E-state index is 8.16. The van der Waals surface area contributed by atoms with Gasteiger partial charge in [-0.1, -0.05) is 60.6 Å². The zero-order valence-corrected chi connectivity index (χ0v) is 9.88. The molecule has 0 aliphatic heterocycles. The highest BCUT2D eigenvalue weighted by atomic mass is 14.7. The molecule has 0 saturated heterocycles. The molecular weight excluding hydrogens is 218 g/mol. The third-order valence-corrected chi connectivity index (χ3v) is 2.86. The first kappa shape index (κ1) is 9.60. The van der Waals surface area contributed by atoms with Gasteiger partial charge in [0.25, 0.3) is 0 Å². The Labute approximate surface area is 108 Å². The molecule has 1 heteroatoms. The Morgan fingerprint density at radius 3 is 2.28 bits per heavy atom. The van der Waals surface area contributed by atoms with Gasteiger partial charge in [0.15, 0.2) is 0 Å². The van der Waals surface area contributed by atoms with Crippen molar-refractivity contribution in [2.24, 2.45) is 0 Å². The Hall–Kier alpha value is -2.41. The highest BCUT2D eigenvalue weighted by Gasteiger charge is 2.06. The summed E-state index contributed by atoms with van der Waals surface area (Å²) >= 11 is 0. The average molecular weight is 232 g/mol. The van der Waals surface area contributed by atoms with Crippen LogP contribution in [0.1, 0.15) is 1.37 Å². The first-order chi connectivity index (χ1) is 9.36. The molecule has 0 amide bonds. The van der Waals surface area contributed by atoms with Gasteiger partial charge in [-0.3, -0.25) is 4.98 Å². The van der Waals surface area contributed by atoms with Gasteiger partial charge in [0.2, 0.25) is 0 Å². The molecule has 0 fully saturated rings. The molecule has 0 aliphatic carbocycles. The van der Waals surface area contributed by atoms with E-state index in [1.54, 1.807) is 12.3 Å². The van der Waals surface area contributed by atoms with Crippen molar-refractivity contribution in [1.82, 2.24) is 4.98 Å². The fourth-order valence-electron chi connectivity index (χ4n) is 2.02. The van der Waals surface area contributed by atoms with Gasteiger partial charge in [-0.25, -0.2) is 0 Å². The van der Waals surface area contributed by atoms with Gasteiger partial charge < -0.3 is 0 Å². The molecule has 0 radical (unpaired) electrons. The summed E-state index contributed by atoms with van der Waals surface area (Å²) in [4.78, 5) is 4.38. The van der Waals surface area contributed by atoms with Crippen LogP contribution in [0.3, 0.4) is 0 Å². The maximum atomic E-state index is 8.16. The summed E-state index contributed by atoms with van der Waals surface area (Å²) in [6, 6.07) is 22.2. The van der Waals surface area contributed by atoms with Crippen LogP contribution < -0.4 is 0 Å². The summed E-state index contributed by atoms with van der Waals surface area (Å²) in [5.74, 6) is 0. The zero-order chi connectivity index (χ0) is 13.1. The number of benzene rings is 2. The first-order valence-electron chi connectivity index (χ1n) is 6.43. The van der Waals surface area contributed by atoms with Crippen molar-refractivity contribution in [3.8, 4) is 22.4 Å². The van der Waals surface area contributed by atoms with Crippen molar-refractivity contribution < 1.29 is 1.37 Å². The minimum atomic E-state index is 0.500. The highest BCUT2D eigenvalue weighted by molar-refractivity contribution is 5.81. The Kier molecular flexibility index (Phi) is 2.58. The molecular formula is C17H13N. The first-order valence-corrected chi connectivity index (χ1v) is 5.93. The Morgan fingerprint density at radius 1 is 0.722 bits per heavy atom. The maximum Gasteiger partial charge on any atom is 0.0708 e. The molecule has 3 rings (SSSR count). The third kappa shape index (κ3) is 2.03. The predicted molar refractivity (Wildman–Crippen MR) is 75.1 cm³/mol. The average Bonchev–Trinajstić information content (AvgIpc) is 2.49. The lowest BCUT2D eigenvalue weighted by atomic mass is 9.97. The van der Waals surface area contributed by atoms with E-state index in [1.165, 1.54) is 0 Å². The Balaban J connectivity index is 2.25. The van der Waals surface area contributed by atoms with Crippen molar-refractivity contribution >= 4 is 0 Å². The van der Waals surface area contributed by atoms with Crippen LogP contribution in [0.4, 0.5) is 0 Å². The molecule has 1 aromatic heterocycles. The van der Waals surface area contributed by atoms with Crippen LogP contribution in [0.2, 0.25) is 0 Å². The van der Waals surface area contributed by atoms with Gasteiger partial charge in [-0.15, -0.1) is 0 Å². The molecule has 1 heterocycles. The number of hydrogen-bond acceptors (Lipinski definition) is 1. The van der Waals surface area contributed by atoms with Crippen LogP contribution in [0.25, 0.3) is 22.4 Å². The summed E-state index contributed by atoms with van der Waals surface area (Å²) in [5.41, 5.74) is 3.88. The van der Waals surface area contributed by atoms with Crippen LogP contribution in [0, 0.1) is 0 Å². The molecule has 0 unspecified atom stereocenters. The topological polar surface area (TPSA) is 12.9 Å². The lowest BCUT2D eigenvalue weighted by molar-refractivity contribution is 1.33. The van der Waals surface area contributed by atoms with E-state index in [0.717, 1.165) is 22.4 Å². The fourth-order valence-corrected chi connectivity index (χ4v) is 2.02. The molecule has 0 aliphatic rings. The van der Waals surface area contributed by atoms with Crippen molar-refractivity contribution in [2.75, 3.05) is 0 Å². The fraction of sp³-hybridized carbons (Fsp3) is 0. The molecule has 86 valence electrons. The van der Waals surface area contributed by atoms with Gasteiger partial charge in [0, 0.05) is 11.8 Å². The van der Waals surface area contributed by atoms with Gasteiger partial charge in [0.1, 0.15) is 0 Å². The minimum absolute atomic E-state index is 0.500. The minimum Gasteiger partial charge on any atom is -0.256 e. The van der Waals surface area contributed by atoms with Gasteiger partial charge >= 0.3 is 0 Å². The van der Waals surface area contributed by atoms with E-state index in [0.29, 0.717) is 6.04 Å². The second-order valence-corrected chi connectivity index (χ2v) is 4.04. The standard InChI is InChI=1S/C17H13N/c1-2-8-14(9-3-1)15-10-4-5-11-16(15)17-12-6-7-13-18-17/h1-13H/i11D. The zero-order valence-electron chi connectivity index (χ0n) is 10.9. The molecule has 3 aromatic rings. The van der Waals surface area contributed by atoms with Crippen molar-refractivity contribution in [2.45, 2.75) is 0 Å². The Morgan fingerprint density at radius 2 is 1.50 bits per heavy atom. The van der Waals surface area contributed by atoms with Gasteiger partial charge in [-0.05, 0) is 23.3 Å². The van der Waals surface area contributed by atoms with E-state index < -0.39 is 0 Å². The van der Waals surface area contributed by atoms with E-state index >= 15 is 0 Å². The molecule has 0 N–H and O–H groups in total. The van der Waals surface area contributed by atoms with Gasteiger partial charge in [0.05, 0.1) is 7.06 Å². The van der Waals surface area contributed by atoms with E-state index in [1.807, 2.05) is 48.5 Å². The second-order valence-electron chi connectivity index (χ2n) is 4.04. The lowest BCUT2D eigenvalue weighted by Crippen LogP contribution is -1.86. The normalized spacial score (nSPS) is 11.0. The molecule has 0 saturated carbocycles. The summed E-state index contributed by atoms with van der Waals surface area (Å²) < 4.78 is 8.16. The van der Waals surface area contributed by atoms with E-state index in [2.05, 4.69) is 17.1 Å². The number of aromatic nitrogens is 1. The molecule has 0 bridgehead atoms. The molecule has 0 atom stereocenters. The Bertz CT molecular complexity index is 678. The smallest absolute Gasteiger partial charge is 0.0708 e. The van der Waals surface area contributed by atoms with E-state index in [-0.39, 0.29) is 0 Å². The third-order valence-electron chi connectivity index (χ3n) is 2.86. The predicted octanol–water partition coefficient (Wildman–Crippen LogP) is 4.42. The van der Waals surface area contributed by atoms with Crippen LogP contribution in [0.15, 0.2) is 79.0 Å². The van der Waals surface area contributed by atoms with Gasteiger partial charge in [-0.2, -0.15) is 0 Å². The van der Waals surface area contributed by atoms with Crippen molar-refractivity contribution in [1.29, 1.82) is 0 Å². The number of nitrogens with zero attached hydrogens (tertiary/aromatic N) is 1. The van der Waals surface area contributed by atoms with Crippen LogP contribution >= 0.6 is 0 Å². The SMILES string of the molecule is [2H]c1cccc(-c2ccccc2)c1-c1ccccn1. The van der Waals surface area contributed by atoms with E-state index in [4.69, 9.17) is 1.37 Å². The summed E-state index contributed by atoms with van der Waals surface area (Å²) in [7, 11) is 0. The second kappa shape index (κ2) is 4.84. The highest BCUT2D eigenvalue weighted by Crippen LogP contribution is 2.30. The van der Waals surface area contributed by atoms with Crippen molar-refractivity contribution in [3.05, 3.63) is 79.0 Å². The quantitative estimate of drug-likeness (QED) is 0.637. The van der Waals surface area contributed by atoms with Crippen LogP contribution in [-0.2, 0) is 0 Å². The van der Waals surface area contributed by atoms with E-state index in [9.17, 15) is 0 Å². The van der Waals surface area contributed by atoms with Crippen LogP contribution in [-0.4, -0.2) is 4.98 Å². The van der Waals surface area contributed by atoms with Crippen molar-refractivity contribution in [3.63, 3.8) is 0 Å². The number of hydrogen-bond donors (Lipinski definition) is 0. The summed E-state index contributed by atoms with van der Waals surface area (Å²) in [6.07, 6.45) is 1.76. The monoisotopic (exact) mass is 232 g/mol. The summed E-state index contributed by atoms with van der Waals surface area (Å²) in [6.45, 7) is 0. The molecule has 0 spiro atoms. The number of rotatable bonds is 2. The largest absolute Gasteiger partial charge is 0.256 e. The lowest BCUT2D eigenvalue weighted by Gasteiger charge is -2.08. The van der Waals surface area contributed by atoms with Crippen LogP contribution in [0.5, 0.6) is 0 Å². The molecule has 2 aromatic carbocycles. The molecule has 18 heavy (non-hydrogen) atoms.